The Morgan fingerprint density at radius 1 is 1.37 bits per heavy atom. The van der Waals surface area contributed by atoms with Gasteiger partial charge in [-0.2, -0.15) is 0 Å². The molecule has 0 spiro atoms. The molecule has 19 heavy (non-hydrogen) atoms. The van der Waals surface area contributed by atoms with Crippen LogP contribution >= 0.6 is 0 Å². The highest BCUT2D eigenvalue weighted by Gasteiger charge is 2.09. The maximum absolute atomic E-state index is 11.8. The summed E-state index contributed by atoms with van der Waals surface area (Å²) < 4.78 is 0. The van der Waals surface area contributed by atoms with Crippen molar-refractivity contribution in [1.29, 1.82) is 0 Å². The lowest BCUT2D eigenvalue weighted by atomic mass is 10.2. The maximum atomic E-state index is 11.8. The van der Waals surface area contributed by atoms with Crippen LogP contribution in [0.4, 0.5) is 4.79 Å². The molecule has 0 atom stereocenters. The van der Waals surface area contributed by atoms with Gasteiger partial charge in [0.15, 0.2) is 0 Å². The lowest BCUT2D eigenvalue weighted by Gasteiger charge is -2.12. The molecule has 104 valence electrons. The van der Waals surface area contributed by atoms with Crippen molar-refractivity contribution in [2.24, 2.45) is 0 Å². The fourth-order valence-electron chi connectivity index (χ4n) is 1.39. The predicted octanol–water partition coefficient (Wildman–Crippen LogP) is 0.991. The molecule has 1 aromatic heterocycles. The molecule has 1 rings (SSSR count). The first-order valence-corrected chi connectivity index (χ1v) is 6.11. The molecule has 2 N–H and O–H groups in total. The number of urea groups is 1. The molecule has 0 aliphatic heterocycles. The van der Waals surface area contributed by atoms with Crippen molar-refractivity contribution in [3.05, 3.63) is 29.6 Å². The second kappa shape index (κ2) is 6.72. The molecule has 3 amide bonds. The first-order chi connectivity index (χ1) is 8.90. The van der Waals surface area contributed by atoms with Crippen molar-refractivity contribution in [1.82, 2.24) is 20.5 Å². The minimum Gasteiger partial charge on any atom is -0.350 e. The van der Waals surface area contributed by atoms with Crippen molar-refractivity contribution in [3.63, 3.8) is 0 Å². The van der Waals surface area contributed by atoms with Crippen LogP contribution in [-0.2, 0) is 6.54 Å². The first kappa shape index (κ1) is 14.9. The number of pyridine rings is 1. The number of amides is 3. The highest BCUT2D eigenvalue weighted by Crippen LogP contribution is 2.02. The fraction of sp³-hybridized carbons (Fsp3) is 0.462. The van der Waals surface area contributed by atoms with Gasteiger partial charge in [-0.3, -0.25) is 9.78 Å². The van der Waals surface area contributed by atoms with Crippen molar-refractivity contribution in [2.45, 2.75) is 26.4 Å². The number of aromatic nitrogens is 1. The summed E-state index contributed by atoms with van der Waals surface area (Å²) in [6.45, 7) is 4.09. The van der Waals surface area contributed by atoms with Gasteiger partial charge in [-0.15, -0.1) is 0 Å². The Bertz CT molecular complexity index is 458. The number of nitrogens with zero attached hydrogens (tertiary/aromatic N) is 2. The van der Waals surface area contributed by atoms with Gasteiger partial charge in [0.1, 0.15) is 0 Å². The molecule has 0 aliphatic carbocycles. The molecule has 0 aliphatic rings. The Labute approximate surface area is 113 Å². The Morgan fingerprint density at radius 2 is 2.05 bits per heavy atom. The third-order valence-electron chi connectivity index (χ3n) is 2.33. The number of carbonyl (C=O) groups is 2. The summed E-state index contributed by atoms with van der Waals surface area (Å²) in [5, 5.41) is 5.51. The van der Waals surface area contributed by atoms with Crippen LogP contribution in [0, 0.1) is 0 Å². The lowest BCUT2D eigenvalue weighted by molar-refractivity contribution is 0.0943. The molecule has 0 bridgehead atoms. The number of hydrogen-bond acceptors (Lipinski definition) is 3. The van der Waals surface area contributed by atoms with Gasteiger partial charge in [-0.25, -0.2) is 4.79 Å². The molecule has 0 saturated carbocycles. The Kier molecular flexibility index (Phi) is 5.29. The van der Waals surface area contributed by atoms with E-state index in [1.807, 2.05) is 13.8 Å². The van der Waals surface area contributed by atoms with Crippen LogP contribution < -0.4 is 10.6 Å². The SMILES string of the molecule is CC(C)NC(=O)c1ccnc(CNC(=O)N(C)C)c1. The third kappa shape index (κ3) is 4.95. The van der Waals surface area contributed by atoms with Gasteiger partial charge in [-0.05, 0) is 26.0 Å². The zero-order chi connectivity index (χ0) is 14.4. The molecular weight excluding hydrogens is 244 g/mol. The van der Waals surface area contributed by atoms with Gasteiger partial charge in [0.25, 0.3) is 5.91 Å². The van der Waals surface area contributed by atoms with Crippen molar-refractivity contribution in [3.8, 4) is 0 Å². The normalized spacial score (nSPS) is 10.2. The van der Waals surface area contributed by atoms with Crippen molar-refractivity contribution >= 4 is 11.9 Å². The van der Waals surface area contributed by atoms with Crippen LogP contribution in [0.1, 0.15) is 29.9 Å². The molecule has 1 aromatic rings. The quantitative estimate of drug-likeness (QED) is 0.851. The van der Waals surface area contributed by atoms with Crippen LogP contribution in [0.25, 0.3) is 0 Å². The summed E-state index contributed by atoms with van der Waals surface area (Å²) in [4.78, 5) is 28.8. The van der Waals surface area contributed by atoms with Crippen LogP contribution in [0.3, 0.4) is 0 Å². The summed E-state index contributed by atoms with van der Waals surface area (Å²) in [6.07, 6.45) is 1.56. The van der Waals surface area contributed by atoms with E-state index >= 15 is 0 Å². The van der Waals surface area contributed by atoms with E-state index in [-0.39, 0.29) is 18.0 Å². The monoisotopic (exact) mass is 264 g/mol. The molecule has 1 heterocycles. The molecule has 6 heteroatoms. The van der Waals surface area contributed by atoms with Crippen molar-refractivity contribution in [2.75, 3.05) is 14.1 Å². The van der Waals surface area contributed by atoms with E-state index in [4.69, 9.17) is 0 Å². The van der Waals surface area contributed by atoms with Crippen LogP contribution in [-0.4, -0.2) is 42.0 Å². The Balaban J connectivity index is 2.67. The number of nitrogens with one attached hydrogen (secondary N) is 2. The van der Waals surface area contributed by atoms with E-state index in [1.165, 1.54) is 4.90 Å². The number of hydrogen-bond donors (Lipinski definition) is 2. The Hall–Kier alpha value is -2.11. The maximum Gasteiger partial charge on any atom is 0.317 e. The largest absolute Gasteiger partial charge is 0.350 e. The van der Waals surface area contributed by atoms with Gasteiger partial charge in [0.2, 0.25) is 0 Å². The van der Waals surface area contributed by atoms with Gasteiger partial charge in [0, 0.05) is 31.9 Å². The third-order valence-corrected chi connectivity index (χ3v) is 2.33. The fourth-order valence-corrected chi connectivity index (χ4v) is 1.39. The molecule has 0 saturated heterocycles. The minimum atomic E-state index is -0.196. The molecular formula is C13H20N4O2. The average Bonchev–Trinajstić information content (AvgIpc) is 2.35. The summed E-state index contributed by atoms with van der Waals surface area (Å²) in [7, 11) is 3.32. The zero-order valence-corrected chi connectivity index (χ0v) is 11.7. The second-order valence-corrected chi connectivity index (χ2v) is 4.72. The summed E-state index contributed by atoms with van der Waals surface area (Å²) in [5.41, 5.74) is 1.18. The highest BCUT2D eigenvalue weighted by atomic mass is 16.2. The van der Waals surface area contributed by atoms with Gasteiger partial charge >= 0.3 is 6.03 Å². The van der Waals surface area contributed by atoms with E-state index in [9.17, 15) is 9.59 Å². The van der Waals surface area contributed by atoms with Crippen molar-refractivity contribution < 1.29 is 9.59 Å². The smallest absolute Gasteiger partial charge is 0.317 e. The molecule has 6 nitrogen and oxygen atoms in total. The average molecular weight is 264 g/mol. The summed E-state index contributed by atoms with van der Waals surface area (Å²) in [6, 6.07) is 3.21. The van der Waals surface area contributed by atoms with Gasteiger partial charge in [0.05, 0.1) is 12.2 Å². The van der Waals surface area contributed by atoms with E-state index < -0.39 is 0 Å². The molecule has 0 unspecified atom stereocenters. The first-order valence-electron chi connectivity index (χ1n) is 6.11. The zero-order valence-electron chi connectivity index (χ0n) is 11.7. The number of rotatable bonds is 4. The van der Waals surface area contributed by atoms with E-state index in [2.05, 4.69) is 15.6 Å². The second-order valence-electron chi connectivity index (χ2n) is 4.72. The molecule has 0 aromatic carbocycles. The summed E-state index contributed by atoms with van der Waals surface area (Å²) >= 11 is 0. The van der Waals surface area contributed by atoms with Crippen LogP contribution in [0.2, 0.25) is 0 Å². The lowest BCUT2D eigenvalue weighted by Crippen LogP contribution is -2.34. The topological polar surface area (TPSA) is 74.3 Å². The number of carbonyl (C=O) groups excluding carboxylic acids is 2. The van der Waals surface area contributed by atoms with Gasteiger partial charge in [-0.1, -0.05) is 0 Å². The van der Waals surface area contributed by atoms with Crippen LogP contribution in [0.15, 0.2) is 18.3 Å². The van der Waals surface area contributed by atoms with Crippen LogP contribution in [0.5, 0.6) is 0 Å². The Morgan fingerprint density at radius 3 is 2.63 bits per heavy atom. The van der Waals surface area contributed by atoms with E-state index in [1.54, 1.807) is 32.4 Å². The molecule has 0 radical (unpaired) electrons. The van der Waals surface area contributed by atoms with Gasteiger partial charge < -0.3 is 15.5 Å². The van der Waals surface area contributed by atoms with E-state index in [0.29, 0.717) is 17.8 Å². The molecule has 0 fully saturated rings. The standard InChI is InChI=1S/C13H20N4O2/c1-9(2)16-12(18)10-5-6-14-11(7-10)8-15-13(19)17(3)4/h5-7,9H,8H2,1-4H3,(H,15,19)(H,16,18). The minimum absolute atomic E-state index is 0.0811. The summed E-state index contributed by atoms with van der Waals surface area (Å²) in [5.74, 6) is -0.141. The van der Waals surface area contributed by atoms with E-state index in [0.717, 1.165) is 0 Å². The highest BCUT2D eigenvalue weighted by molar-refractivity contribution is 5.94. The predicted molar refractivity (Wildman–Crippen MR) is 72.8 cm³/mol.